The first-order chi connectivity index (χ1) is 17.7. The van der Waals surface area contributed by atoms with E-state index in [0.29, 0.717) is 5.75 Å². The lowest BCUT2D eigenvalue weighted by atomic mass is 10.1. The van der Waals surface area contributed by atoms with E-state index in [2.05, 4.69) is 0 Å². The molecule has 0 spiro atoms. The van der Waals surface area contributed by atoms with Crippen molar-refractivity contribution in [1.82, 2.24) is 0 Å². The van der Waals surface area contributed by atoms with Crippen molar-refractivity contribution in [2.75, 3.05) is 7.11 Å². The zero-order valence-electron chi connectivity index (χ0n) is 19.2. The van der Waals surface area contributed by atoms with Gasteiger partial charge in [0, 0.05) is 6.07 Å². The SMILES string of the molecule is COc1cccc(C(=O)Oc2ccc3c(=O)c(Oc4ccc5ccccc5c4)c(C(F)(F)F)oc3c2)c1. The van der Waals surface area contributed by atoms with E-state index in [1.165, 1.54) is 43.5 Å². The normalized spacial score (nSPS) is 11.5. The molecule has 0 saturated heterocycles. The fourth-order valence-corrected chi connectivity index (χ4v) is 3.76. The zero-order valence-corrected chi connectivity index (χ0v) is 19.2. The molecule has 6 nitrogen and oxygen atoms in total. The minimum Gasteiger partial charge on any atom is -0.497 e. The van der Waals surface area contributed by atoms with Crippen LogP contribution in [0.1, 0.15) is 16.1 Å². The highest BCUT2D eigenvalue weighted by molar-refractivity contribution is 5.92. The minimum absolute atomic E-state index is 0.0414. The Bertz CT molecular complexity index is 1700. The van der Waals surface area contributed by atoms with Crippen LogP contribution in [0.3, 0.4) is 0 Å². The van der Waals surface area contributed by atoms with Crippen LogP contribution >= 0.6 is 0 Å². The summed E-state index contributed by atoms with van der Waals surface area (Å²) < 4.78 is 62.6. The first-order valence-electron chi connectivity index (χ1n) is 10.9. The van der Waals surface area contributed by atoms with Gasteiger partial charge in [0.15, 0.2) is 0 Å². The third-order valence-electron chi connectivity index (χ3n) is 5.54. The molecule has 186 valence electrons. The van der Waals surface area contributed by atoms with E-state index in [1.807, 2.05) is 12.1 Å². The number of hydrogen-bond donors (Lipinski definition) is 0. The fourth-order valence-electron chi connectivity index (χ4n) is 3.76. The van der Waals surface area contributed by atoms with Crippen molar-refractivity contribution in [3.05, 3.63) is 106 Å². The molecule has 0 unspecified atom stereocenters. The molecule has 0 fully saturated rings. The number of hydrogen-bond acceptors (Lipinski definition) is 6. The number of ether oxygens (including phenoxy) is 3. The van der Waals surface area contributed by atoms with Gasteiger partial charge in [-0.1, -0.05) is 36.4 Å². The average molecular weight is 506 g/mol. The lowest BCUT2D eigenvalue weighted by Crippen LogP contribution is -2.15. The van der Waals surface area contributed by atoms with Crippen LogP contribution < -0.4 is 19.6 Å². The van der Waals surface area contributed by atoms with Crippen molar-refractivity contribution in [3.8, 4) is 23.0 Å². The Balaban J connectivity index is 1.53. The number of benzene rings is 4. The molecule has 0 aliphatic heterocycles. The summed E-state index contributed by atoms with van der Waals surface area (Å²) in [6, 6.07) is 21.6. The Kier molecular flexibility index (Phi) is 6.04. The number of methoxy groups -OCH3 is 1. The standard InChI is InChI=1S/C28H17F3O6/c1-34-19-8-4-7-18(14-19)27(33)36-21-11-12-22-23(15-21)37-26(28(29,30)31)25(24(22)32)35-20-10-9-16-5-2-3-6-17(16)13-20/h2-15H,1H3. The Morgan fingerprint density at radius 3 is 2.32 bits per heavy atom. The van der Waals surface area contributed by atoms with Crippen molar-refractivity contribution in [2.24, 2.45) is 0 Å². The number of carbonyl (C=O) groups is 1. The molecule has 0 atom stereocenters. The van der Waals surface area contributed by atoms with Crippen LogP contribution in [0.25, 0.3) is 21.7 Å². The number of fused-ring (bicyclic) bond motifs is 2. The van der Waals surface area contributed by atoms with Crippen molar-refractivity contribution in [2.45, 2.75) is 6.18 Å². The maximum absolute atomic E-state index is 13.9. The molecule has 9 heteroatoms. The topological polar surface area (TPSA) is 75.0 Å². The lowest BCUT2D eigenvalue weighted by molar-refractivity contribution is -0.154. The molecular formula is C28H17F3O6. The lowest BCUT2D eigenvalue weighted by Gasteiger charge is -2.14. The number of esters is 1. The first-order valence-corrected chi connectivity index (χ1v) is 10.9. The van der Waals surface area contributed by atoms with Gasteiger partial charge in [0.1, 0.15) is 22.8 Å². The third kappa shape index (κ3) is 4.84. The summed E-state index contributed by atoms with van der Waals surface area (Å²) in [5, 5.41) is 1.40. The molecule has 5 rings (SSSR count). The van der Waals surface area contributed by atoms with Crippen LogP contribution in [0.4, 0.5) is 13.2 Å². The maximum atomic E-state index is 13.9. The number of carbonyl (C=O) groups excluding carboxylic acids is 1. The summed E-state index contributed by atoms with van der Waals surface area (Å²) in [5.41, 5.74) is -1.28. The molecule has 0 aliphatic carbocycles. The van der Waals surface area contributed by atoms with E-state index in [-0.39, 0.29) is 22.4 Å². The van der Waals surface area contributed by atoms with E-state index in [9.17, 15) is 22.8 Å². The molecule has 4 aromatic carbocycles. The van der Waals surface area contributed by atoms with E-state index in [1.54, 1.807) is 30.3 Å². The van der Waals surface area contributed by atoms with E-state index < -0.39 is 34.7 Å². The van der Waals surface area contributed by atoms with E-state index in [0.717, 1.165) is 16.8 Å². The molecule has 0 radical (unpaired) electrons. The summed E-state index contributed by atoms with van der Waals surface area (Å²) in [5.74, 6) is -3.01. The Morgan fingerprint density at radius 1 is 0.811 bits per heavy atom. The monoisotopic (exact) mass is 506 g/mol. The van der Waals surface area contributed by atoms with Crippen LogP contribution in [0.15, 0.2) is 94.1 Å². The van der Waals surface area contributed by atoms with Gasteiger partial charge in [-0.3, -0.25) is 4.79 Å². The second kappa shape index (κ2) is 9.34. The molecule has 0 N–H and O–H groups in total. The first kappa shape index (κ1) is 23.9. The van der Waals surface area contributed by atoms with Crippen LogP contribution in [0.2, 0.25) is 0 Å². The predicted molar refractivity (Wildman–Crippen MR) is 129 cm³/mol. The second-order valence-electron chi connectivity index (χ2n) is 7.98. The predicted octanol–water partition coefficient (Wildman–Crippen LogP) is 6.99. The Hall–Kier alpha value is -4.79. The number of alkyl halides is 3. The molecule has 0 saturated carbocycles. The van der Waals surface area contributed by atoms with Gasteiger partial charge < -0.3 is 18.6 Å². The molecule has 37 heavy (non-hydrogen) atoms. The van der Waals surface area contributed by atoms with Gasteiger partial charge in [-0.15, -0.1) is 0 Å². The van der Waals surface area contributed by atoms with Crippen molar-refractivity contribution in [1.29, 1.82) is 0 Å². The van der Waals surface area contributed by atoms with Crippen molar-refractivity contribution >= 4 is 27.7 Å². The van der Waals surface area contributed by atoms with Gasteiger partial charge in [-0.05, 0) is 53.2 Å². The van der Waals surface area contributed by atoms with E-state index in [4.69, 9.17) is 18.6 Å². The molecule has 5 aromatic rings. The highest BCUT2D eigenvalue weighted by Gasteiger charge is 2.40. The second-order valence-corrected chi connectivity index (χ2v) is 7.98. The smallest absolute Gasteiger partial charge is 0.453 e. The summed E-state index contributed by atoms with van der Waals surface area (Å²) in [6.07, 6.45) is -5.03. The van der Waals surface area contributed by atoms with Gasteiger partial charge >= 0.3 is 12.1 Å². The average Bonchev–Trinajstić information content (AvgIpc) is 2.89. The summed E-state index contributed by atoms with van der Waals surface area (Å²) in [4.78, 5) is 25.6. The minimum atomic E-state index is -5.03. The molecule has 1 aromatic heterocycles. The van der Waals surface area contributed by atoms with Crippen LogP contribution in [-0.2, 0) is 6.18 Å². The molecule has 0 amide bonds. The maximum Gasteiger partial charge on any atom is 0.453 e. The van der Waals surface area contributed by atoms with Crippen LogP contribution in [0, 0.1) is 0 Å². The largest absolute Gasteiger partial charge is 0.497 e. The third-order valence-corrected chi connectivity index (χ3v) is 5.54. The van der Waals surface area contributed by atoms with Gasteiger partial charge in [-0.2, -0.15) is 13.2 Å². The van der Waals surface area contributed by atoms with Gasteiger partial charge in [0.2, 0.25) is 11.2 Å². The zero-order chi connectivity index (χ0) is 26.2. The summed E-state index contributed by atoms with van der Waals surface area (Å²) in [6.45, 7) is 0. The van der Waals surface area contributed by atoms with Crippen molar-refractivity contribution < 1.29 is 36.6 Å². The molecule has 1 heterocycles. The summed E-state index contributed by atoms with van der Waals surface area (Å²) >= 11 is 0. The Labute approximate surface area is 207 Å². The highest BCUT2D eigenvalue weighted by atomic mass is 19.4. The quantitative estimate of drug-likeness (QED) is 0.189. The highest BCUT2D eigenvalue weighted by Crippen LogP contribution is 2.39. The molecule has 0 bridgehead atoms. The number of rotatable bonds is 5. The summed E-state index contributed by atoms with van der Waals surface area (Å²) in [7, 11) is 1.44. The Morgan fingerprint density at radius 2 is 1.57 bits per heavy atom. The fraction of sp³-hybridized carbons (Fsp3) is 0.0714. The number of halogens is 3. The van der Waals surface area contributed by atoms with Crippen LogP contribution in [0.5, 0.6) is 23.0 Å². The van der Waals surface area contributed by atoms with Crippen LogP contribution in [-0.4, -0.2) is 13.1 Å². The van der Waals surface area contributed by atoms with Crippen molar-refractivity contribution in [3.63, 3.8) is 0 Å². The molecular weight excluding hydrogens is 489 g/mol. The van der Waals surface area contributed by atoms with Gasteiger partial charge in [0.05, 0.1) is 18.1 Å². The van der Waals surface area contributed by atoms with Gasteiger partial charge in [-0.25, -0.2) is 4.79 Å². The van der Waals surface area contributed by atoms with E-state index >= 15 is 0 Å². The van der Waals surface area contributed by atoms with Gasteiger partial charge in [0.25, 0.3) is 5.76 Å². The molecule has 0 aliphatic rings.